The molecule has 7 nitrogen and oxygen atoms in total. The van der Waals surface area contributed by atoms with Crippen LogP contribution in [-0.4, -0.2) is 28.0 Å². The monoisotopic (exact) mass is 492 g/mol. The lowest BCUT2D eigenvalue weighted by molar-refractivity contribution is 0.0698. The number of carbonyl (C=O) groups is 3. The number of carboxylic acid groups (broad SMARTS) is 1. The van der Waals surface area contributed by atoms with Crippen molar-refractivity contribution in [1.29, 1.82) is 0 Å². The molecule has 0 unspecified atom stereocenters. The summed E-state index contributed by atoms with van der Waals surface area (Å²) in [7, 11) is 0. The first kappa shape index (κ1) is 23.0. The Morgan fingerprint density at radius 2 is 1.59 bits per heavy atom. The van der Waals surface area contributed by atoms with E-state index >= 15 is 0 Å². The van der Waals surface area contributed by atoms with Gasteiger partial charge in [-0.05, 0) is 71.6 Å². The predicted molar refractivity (Wildman–Crippen MR) is 132 cm³/mol. The fraction of sp³-hybridized carbons (Fsp3) is 0. The molecule has 0 radical (unpaired) electrons. The van der Waals surface area contributed by atoms with Crippen LogP contribution in [0.5, 0.6) is 5.75 Å². The molecular formula is C25H17ClN2O5S. The van der Waals surface area contributed by atoms with Crippen LogP contribution in [0.3, 0.4) is 0 Å². The molecule has 170 valence electrons. The third-order valence-corrected chi connectivity index (χ3v) is 6.08. The van der Waals surface area contributed by atoms with Crippen LogP contribution in [0.15, 0.2) is 78.2 Å². The van der Waals surface area contributed by atoms with Gasteiger partial charge in [-0.3, -0.25) is 9.59 Å². The van der Waals surface area contributed by atoms with E-state index in [1.54, 1.807) is 30.3 Å². The van der Waals surface area contributed by atoms with Crippen molar-refractivity contribution in [2.45, 2.75) is 0 Å². The molecule has 0 spiro atoms. The molecular weight excluding hydrogens is 476 g/mol. The molecule has 1 heterocycles. The second-order valence-electron chi connectivity index (χ2n) is 7.19. The lowest BCUT2D eigenvalue weighted by atomic mass is 10.1. The van der Waals surface area contributed by atoms with Gasteiger partial charge in [-0.15, -0.1) is 11.3 Å². The van der Waals surface area contributed by atoms with Crippen molar-refractivity contribution in [3.63, 3.8) is 0 Å². The highest BCUT2D eigenvalue weighted by molar-refractivity contribution is 7.13. The zero-order chi connectivity index (χ0) is 24.2. The van der Waals surface area contributed by atoms with Gasteiger partial charge in [0.2, 0.25) is 0 Å². The minimum Gasteiger partial charge on any atom is -0.507 e. The van der Waals surface area contributed by atoms with E-state index in [-0.39, 0.29) is 28.1 Å². The van der Waals surface area contributed by atoms with Gasteiger partial charge >= 0.3 is 5.97 Å². The van der Waals surface area contributed by atoms with E-state index in [2.05, 4.69) is 10.6 Å². The van der Waals surface area contributed by atoms with Crippen molar-refractivity contribution < 1.29 is 24.6 Å². The smallest absolute Gasteiger partial charge is 0.337 e. The van der Waals surface area contributed by atoms with Gasteiger partial charge in [0.05, 0.1) is 16.8 Å². The van der Waals surface area contributed by atoms with Crippen LogP contribution in [0.1, 0.15) is 31.1 Å². The highest BCUT2D eigenvalue weighted by atomic mass is 35.5. The summed E-state index contributed by atoms with van der Waals surface area (Å²) in [5.41, 5.74) is 1.04. The third-order valence-electron chi connectivity index (χ3n) is 4.91. The Morgan fingerprint density at radius 3 is 2.24 bits per heavy atom. The van der Waals surface area contributed by atoms with E-state index in [0.29, 0.717) is 10.7 Å². The summed E-state index contributed by atoms with van der Waals surface area (Å²) in [5, 5.41) is 27.6. The van der Waals surface area contributed by atoms with Gasteiger partial charge < -0.3 is 20.8 Å². The Kier molecular flexibility index (Phi) is 6.62. The molecule has 0 aliphatic carbocycles. The van der Waals surface area contributed by atoms with Gasteiger partial charge in [-0.1, -0.05) is 23.7 Å². The van der Waals surface area contributed by atoms with E-state index in [4.69, 9.17) is 11.6 Å². The van der Waals surface area contributed by atoms with Crippen LogP contribution < -0.4 is 10.6 Å². The van der Waals surface area contributed by atoms with E-state index < -0.39 is 17.8 Å². The zero-order valence-electron chi connectivity index (χ0n) is 17.4. The zero-order valence-corrected chi connectivity index (χ0v) is 19.0. The number of halogens is 1. The van der Waals surface area contributed by atoms with Crippen LogP contribution in [0, 0.1) is 0 Å². The number of aromatic hydroxyl groups is 1. The molecule has 0 saturated heterocycles. The molecule has 0 aliphatic rings. The fourth-order valence-corrected chi connectivity index (χ4v) is 4.07. The molecule has 4 aromatic rings. The maximum Gasteiger partial charge on any atom is 0.337 e. The minimum absolute atomic E-state index is 0.0118. The van der Waals surface area contributed by atoms with Gasteiger partial charge in [0.15, 0.2) is 0 Å². The Labute approximate surface area is 203 Å². The van der Waals surface area contributed by atoms with Crippen LogP contribution in [-0.2, 0) is 0 Å². The SMILES string of the molecule is O=C(Nc1ccc(Cl)cc1)c1ccc(NC(=O)c2ccc(-c3cccs3)cc2O)c(C(=O)O)c1. The van der Waals surface area contributed by atoms with Gasteiger partial charge in [0, 0.05) is 21.2 Å². The third kappa shape index (κ3) is 5.09. The van der Waals surface area contributed by atoms with Gasteiger partial charge in [-0.25, -0.2) is 4.79 Å². The average Bonchev–Trinajstić information content (AvgIpc) is 3.35. The van der Waals surface area contributed by atoms with E-state index in [1.807, 2.05) is 17.5 Å². The van der Waals surface area contributed by atoms with Gasteiger partial charge in [0.25, 0.3) is 11.8 Å². The van der Waals surface area contributed by atoms with E-state index in [9.17, 15) is 24.6 Å². The number of carbonyl (C=O) groups excluding carboxylic acids is 2. The lowest BCUT2D eigenvalue weighted by Crippen LogP contribution is -2.17. The first-order chi connectivity index (χ1) is 16.3. The number of phenols is 1. The van der Waals surface area contributed by atoms with E-state index in [1.165, 1.54) is 41.7 Å². The molecule has 0 saturated carbocycles. The molecule has 1 aromatic heterocycles. The molecule has 0 atom stereocenters. The first-order valence-corrected chi connectivity index (χ1v) is 11.2. The summed E-state index contributed by atoms with van der Waals surface area (Å²) in [5.74, 6) is -2.77. The Hall–Kier alpha value is -4.14. The second kappa shape index (κ2) is 9.78. The number of benzene rings is 3. The fourth-order valence-electron chi connectivity index (χ4n) is 3.22. The number of rotatable bonds is 6. The number of thiophene rings is 1. The molecule has 4 rings (SSSR count). The van der Waals surface area contributed by atoms with E-state index in [0.717, 1.165) is 10.4 Å². The standard InChI is InChI=1S/C25H17ClN2O5S/c26-16-5-7-17(8-6-16)27-23(30)15-4-10-20(19(12-15)25(32)33)28-24(31)18-9-3-14(13-21(18)29)22-2-1-11-34-22/h1-13,29H,(H,27,30)(H,28,31)(H,32,33). The molecule has 2 amide bonds. The highest BCUT2D eigenvalue weighted by Crippen LogP contribution is 2.30. The van der Waals surface area contributed by atoms with Crippen molar-refractivity contribution >= 4 is 52.1 Å². The predicted octanol–water partition coefficient (Wildman–Crippen LogP) is 5.98. The molecule has 3 aromatic carbocycles. The summed E-state index contributed by atoms with van der Waals surface area (Å²) in [6.07, 6.45) is 0. The largest absolute Gasteiger partial charge is 0.507 e. The summed E-state index contributed by atoms with van der Waals surface area (Å²) in [6, 6.07) is 18.8. The van der Waals surface area contributed by atoms with Crippen molar-refractivity contribution in [2.75, 3.05) is 10.6 Å². The summed E-state index contributed by atoms with van der Waals surface area (Å²) >= 11 is 7.33. The number of aromatic carboxylic acids is 1. The number of anilines is 2. The minimum atomic E-state index is -1.33. The molecule has 0 aliphatic heterocycles. The van der Waals surface area contributed by atoms with Crippen molar-refractivity contribution in [3.05, 3.63) is 99.9 Å². The topological polar surface area (TPSA) is 116 Å². The quantitative estimate of drug-likeness (QED) is 0.264. The van der Waals surface area contributed by atoms with Crippen LogP contribution in [0.25, 0.3) is 10.4 Å². The summed E-state index contributed by atoms with van der Waals surface area (Å²) in [6.45, 7) is 0. The molecule has 9 heteroatoms. The number of amides is 2. The summed E-state index contributed by atoms with van der Waals surface area (Å²) < 4.78 is 0. The maximum atomic E-state index is 12.7. The van der Waals surface area contributed by atoms with Crippen molar-refractivity contribution in [2.24, 2.45) is 0 Å². The summed E-state index contributed by atoms with van der Waals surface area (Å²) in [4.78, 5) is 38.0. The Morgan fingerprint density at radius 1 is 0.824 bits per heavy atom. The normalized spacial score (nSPS) is 10.5. The number of nitrogens with one attached hydrogen (secondary N) is 2. The number of hydrogen-bond acceptors (Lipinski definition) is 5. The number of carboxylic acids is 1. The number of hydrogen-bond donors (Lipinski definition) is 4. The lowest BCUT2D eigenvalue weighted by Gasteiger charge is -2.12. The second-order valence-corrected chi connectivity index (χ2v) is 8.57. The highest BCUT2D eigenvalue weighted by Gasteiger charge is 2.19. The first-order valence-electron chi connectivity index (χ1n) is 9.94. The van der Waals surface area contributed by atoms with Crippen LogP contribution >= 0.6 is 22.9 Å². The van der Waals surface area contributed by atoms with Gasteiger partial charge in [0.1, 0.15) is 5.75 Å². The van der Waals surface area contributed by atoms with Crippen molar-refractivity contribution in [1.82, 2.24) is 0 Å². The molecule has 0 bridgehead atoms. The van der Waals surface area contributed by atoms with Crippen molar-refractivity contribution in [3.8, 4) is 16.2 Å². The maximum absolute atomic E-state index is 12.7. The number of phenolic OH excluding ortho intramolecular Hbond substituents is 1. The van der Waals surface area contributed by atoms with Crippen LogP contribution in [0.2, 0.25) is 5.02 Å². The molecule has 4 N–H and O–H groups in total. The van der Waals surface area contributed by atoms with Gasteiger partial charge in [-0.2, -0.15) is 0 Å². The Bertz CT molecular complexity index is 1390. The van der Waals surface area contributed by atoms with Crippen LogP contribution in [0.4, 0.5) is 11.4 Å². The molecule has 0 fully saturated rings. The Balaban J connectivity index is 1.54. The average molecular weight is 493 g/mol. The molecule has 34 heavy (non-hydrogen) atoms.